The van der Waals surface area contributed by atoms with Crippen LogP contribution in [0.4, 0.5) is 0 Å². The molecule has 0 amide bonds. The molecule has 376 valence electrons. The summed E-state index contributed by atoms with van der Waals surface area (Å²) in [4.78, 5) is 35.7. The summed E-state index contributed by atoms with van der Waals surface area (Å²) in [5.74, 6) is -1.14. The van der Waals surface area contributed by atoms with Crippen LogP contribution in [0.1, 0.15) is 226 Å². The van der Waals surface area contributed by atoms with Crippen LogP contribution in [0.3, 0.4) is 0 Å². The first kappa shape index (κ1) is 60.3. The predicted octanol–water partition coefficient (Wildman–Crippen LogP) is 10.8. The summed E-state index contributed by atoms with van der Waals surface area (Å²) in [6.07, 6.45) is 32.5. The average Bonchev–Trinajstić information content (AvgIpc) is 3.28. The van der Waals surface area contributed by atoms with Gasteiger partial charge in [0.25, 0.3) is 0 Å². The van der Waals surface area contributed by atoms with Crippen molar-refractivity contribution in [3.8, 4) is 0 Å². The lowest BCUT2D eigenvalue weighted by atomic mass is 9.85. The van der Waals surface area contributed by atoms with E-state index in [9.17, 15) is 44.6 Å². The van der Waals surface area contributed by atoms with Crippen LogP contribution in [0.5, 0.6) is 0 Å². The Labute approximate surface area is 387 Å². The van der Waals surface area contributed by atoms with Crippen molar-refractivity contribution in [2.75, 3.05) is 13.2 Å². The van der Waals surface area contributed by atoms with E-state index in [1.54, 1.807) is 0 Å². The number of ether oxygens (including phenoxy) is 2. The zero-order chi connectivity index (χ0) is 47.1. The Bertz CT molecular complexity index is 1220. The standard InChI is InChI=1S/C50H93O13P/c1-3-5-7-9-11-13-15-17-18-19-20-21-22-23-24-25-26-27-29-31-33-35-37-39-44(52)62-42(40-60-43(51)38-36-34-32-30-28-16-14-12-10-8-6-4-2)41-61-64(58,59)63-50-48(56)46(54)45(53)47(55)49(50)57/h25-26,31,33,42,45-50,53-57H,3-24,27-30,32,34-41H2,1-2H3,(H,58,59)/b26-25+,33-31+/t42-,45?,46+,47?,48?,49?,50?/m1/s1. The Morgan fingerprint density at radius 2 is 0.828 bits per heavy atom. The maximum absolute atomic E-state index is 12.8. The van der Waals surface area contributed by atoms with Gasteiger partial charge in [-0.3, -0.25) is 18.6 Å². The van der Waals surface area contributed by atoms with Crippen molar-refractivity contribution in [1.29, 1.82) is 0 Å². The van der Waals surface area contributed by atoms with Crippen LogP contribution in [0, 0.1) is 0 Å². The zero-order valence-electron chi connectivity index (χ0n) is 40.1. The fourth-order valence-electron chi connectivity index (χ4n) is 7.90. The summed E-state index contributed by atoms with van der Waals surface area (Å²) in [5.41, 5.74) is 0. The molecular formula is C50H93O13P. The SMILES string of the molecule is CCCCCCCCCCCCCCCC/C=C/CC/C=C/CCCC(=O)O[C@H](COC(=O)CCCCCCCCCCCCCC)COP(=O)(O)OC1C(O)C(O)C(O)[C@H](O)C1O. The van der Waals surface area contributed by atoms with Crippen molar-refractivity contribution >= 4 is 19.8 Å². The van der Waals surface area contributed by atoms with E-state index in [0.717, 1.165) is 38.5 Å². The third kappa shape index (κ3) is 32.1. The Balaban J connectivity index is 2.39. The molecule has 1 aliphatic carbocycles. The molecular weight excluding hydrogens is 840 g/mol. The number of aliphatic hydroxyl groups excluding tert-OH is 5. The van der Waals surface area contributed by atoms with Crippen LogP contribution in [0.15, 0.2) is 24.3 Å². The van der Waals surface area contributed by atoms with Gasteiger partial charge in [0.1, 0.15) is 43.2 Å². The van der Waals surface area contributed by atoms with Crippen molar-refractivity contribution in [2.45, 2.75) is 268 Å². The summed E-state index contributed by atoms with van der Waals surface area (Å²) in [6, 6.07) is 0. The van der Waals surface area contributed by atoms with E-state index in [1.165, 1.54) is 141 Å². The predicted molar refractivity (Wildman–Crippen MR) is 254 cm³/mol. The molecule has 64 heavy (non-hydrogen) atoms. The number of hydrogen-bond donors (Lipinski definition) is 6. The van der Waals surface area contributed by atoms with Crippen molar-refractivity contribution < 1.29 is 63.1 Å². The van der Waals surface area contributed by atoms with Gasteiger partial charge in [0, 0.05) is 12.8 Å². The third-order valence-corrected chi connectivity index (χ3v) is 13.0. The van der Waals surface area contributed by atoms with E-state index < -0.39 is 75.7 Å². The van der Waals surface area contributed by atoms with Crippen molar-refractivity contribution in [3.63, 3.8) is 0 Å². The van der Waals surface area contributed by atoms with Crippen LogP contribution in [0.25, 0.3) is 0 Å². The molecule has 13 nitrogen and oxygen atoms in total. The highest BCUT2D eigenvalue weighted by Crippen LogP contribution is 2.47. The number of unbranched alkanes of at least 4 members (excludes halogenated alkanes) is 27. The highest BCUT2D eigenvalue weighted by molar-refractivity contribution is 7.47. The van der Waals surface area contributed by atoms with E-state index in [2.05, 4.69) is 32.1 Å². The van der Waals surface area contributed by atoms with Gasteiger partial charge < -0.3 is 39.9 Å². The maximum atomic E-state index is 12.8. The molecule has 1 rings (SSSR count). The summed E-state index contributed by atoms with van der Waals surface area (Å²) in [7, 11) is -5.13. The minimum atomic E-state index is -5.13. The highest BCUT2D eigenvalue weighted by atomic mass is 31.2. The second-order valence-corrected chi connectivity index (χ2v) is 19.4. The van der Waals surface area contributed by atoms with E-state index in [1.807, 2.05) is 6.08 Å². The number of allylic oxidation sites excluding steroid dienone is 4. The summed E-state index contributed by atoms with van der Waals surface area (Å²) >= 11 is 0. The molecule has 0 aromatic carbocycles. The molecule has 0 aromatic heterocycles. The molecule has 1 fully saturated rings. The Kier molecular flexibility index (Phi) is 38.1. The smallest absolute Gasteiger partial charge is 0.462 e. The van der Waals surface area contributed by atoms with Crippen LogP contribution in [-0.2, 0) is 32.7 Å². The molecule has 14 heteroatoms. The van der Waals surface area contributed by atoms with Crippen LogP contribution >= 0.6 is 7.82 Å². The Hall–Kier alpha value is -1.67. The molecule has 1 aliphatic rings. The maximum Gasteiger partial charge on any atom is 0.472 e. The molecule has 0 heterocycles. The largest absolute Gasteiger partial charge is 0.472 e. The summed E-state index contributed by atoms with van der Waals surface area (Å²) in [6.45, 7) is 3.29. The topological polar surface area (TPSA) is 210 Å². The van der Waals surface area contributed by atoms with Gasteiger partial charge in [-0.15, -0.1) is 0 Å². The first-order valence-electron chi connectivity index (χ1n) is 25.6. The molecule has 0 spiro atoms. The van der Waals surface area contributed by atoms with Crippen LogP contribution in [0.2, 0.25) is 0 Å². The van der Waals surface area contributed by atoms with Gasteiger partial charge in [-0.05, 0) is 44.9 Å². The monoisotopic (exact) mass is 933 g/mol. The number of rotatable bonds is 43. The number of carbonyl (C=O) groups excluding carboxylic acids is 2. The fourth-order valence-corrected chi connectivity index (χ4v) is 8.87. The second-order valence-electron chi connectivity index (χ2n) is 18.0. The summed E-state index contributed by atoms with van der Waals surface area (Å²) in [5, 5.41) is 50.2. The van der Waals surface area contributed by atoms with Crippen LogP contribution in [-0.4, -0.2) is 98.3 Å². The molecule has 0 saturated heterocycles. The quantitative estimate of drug-likeness (QED) is 0.0146. The molecule has 8 atom stereocenters. The van der Waals surface area contributed by atoms with Crippen LogP contribution < -0.4 is 0 Å². The van der Waals surface area contributed by atoms with Crippen molar-refractivity contribution in [2.24, 2.45) is 0 Å². The number of esters is 2. The first-order valence-corrected chi connectivity index (χ1v) is 27.1. The van der Waals surface area contributed by atoms with Gasteiger partial charge in [-0.25, -0.2) is 4.57 Å². The number of carbonyl (C=O) groups is 2. The Morgan fingerprint density at radius 1 is 0.469 bits per heavy atom. The van der Waals surface area contributed by atoms with E-state index in [-0.39, 0.29) is 12.8 Å². The number of phosphoric acid groups is 1. The van der Waals surface area contributed by atoms with Gasteiger partial charge in [0.15, 0.2) is 6.10 Å². The lowest BCUT2D eigenvalue weighted by Crippen LogP contribution is -2.64. The van der Waals surface area contributed by atoms with Crippen molar-refractivity contribution in [3.05, 3.63) is 24.3 Å². The Morgan fingerprint density at radius 3 is 1.28 bits per heavy atom. The van der Waals surface area contributed by atoms with Gasteiger partial charge >= 0.3 is 19.8 Å². The third-order valence-electron chi connectivity index (χ3n) is 12.0. The summed E-state index contributed by atoms with van der Waals surface area (Å²) < 4.78 is 33.5. The number of hydrogen-bond acceptors (Lipinski definition) is 12. The molecule has 0 aromatic rings. The average molecular weight is 933 g/mol. The minimum absolute atomic E-state index is 0.0403. The minimum Gasteiger partial charge on any atom is -0.462 e. The first-order chi connectivity index (χ1) is 30.9. The number of aliphatic hydroxyl groups is 5. The van der Waals surface area contributed by atoms with E-state index >= 15 is 0 Å². The van der Waals surface area contributed by atoms with E-state index in [4.69, 9.17) is 18.5 Å². The molecule has 6 N–H and O–H groups in total. The lowest BCUT2D eigenvalue weighted by molar-refractivity contribution is -0.220. The number of phosphoric ester groups is 1. The normalized spacial score (nSPS) is 21.7. The van der Waals surface area contributed by atoms with Gasteiger partial charge in [0.05, 0.1) is 6.61 Å². The second kappa shape index (κ2) is 40.4. The molecule has 0 bridgehead atoms. The highest BCUT2D eigenvalue weighted by Gasteiger charge is 2.51. The van der Waals surface area contributed by atoms with E-state index in [0.29, 0.717) is 19.3 Å². The van der Waals surface area contributed by atoms with Crippen molar-refractivity contribution in [1.82, 2.24) is 0 Å². The molecule has 0 aliphatic heterocycles. The fraction of sp³-hybridized carbons (Fsp3) is 0.880. The van der Waals surface area contributed by atoms with Gasteiger partial charge in [-0.1, -0.05) is 192 Å². The van der Waals surface area contributed by atoms with Gasteiger partial charge in [-0.2, -0.15) is 0 Å². The molecule has 1 saturated carbocycles. The lowest BCUT2D eigenvalue weighted by Gasteiger charge is -2.41. The van der Waals surface area contributed by atoms with Gasteiger partial charge in [0.2, 0.25) is 0 Å². The molecule has 0 radical (unpaired) electrons. The molecule has 6 unspecified atom stereocenters. The zero-order valence-corrected chi connectivity index (χ0v) is 41.0.